The molecule has 1 aromatic carbocycles. The van der Waals surface area contributed by atoms with Gasteiger partial charge in [0, 0.05) is 26.0 Å². The highest BCUT2D eigenvalue weighted by Gasteiger charge is 2.06. The lowest BCUT2D eigenvalue weighted by Gasteiger charge is -2.11. The first-order valence-electron chi connectivity index (χ1n) is 5.59. The Hall–Kier alpha value is -1.97. The van der Waals surface area contributed by atoms with Crippen molar-refractivity contribution in [3.63, 3.8) is 0 Å². The molecule has 90 valence electrons. The molecule has 4 nitrogen and oxygen atoms in total. The number of carbonyl (C=O) groups is 1. The Morgan fingerprint density at radius 1 is 1.35 bits per heavy atom. The Morgan fingerprint density at radius 2 is 2.12 bits per heavy atom. The minimum atomic E-state index is -0.0715. The van der Waals surface area contributed by atoms with Crippen LogP contribution >= 0.6 is 0 Å². The van der Waals surface area contributed by atoms with Gasteiger partial charge in [0.2, 0.25) is 0 Å². The van der Waals surface area contributed by atoms with Crippen LogP contribution in [0.4, 0.5) is 4.79 Å². The quantitative estimate of drug-likeness (QED) is 0.882. The zero-order valence-corrected chi connectivity index (χ0v) is 10.1. The Morgan fingerprint density at radius 3 is 2.88 bits per heavy atom. The van der Waals surface area contributed by atoms with Crippen LogP contribution < -0.4 is 5.32 Å². The number of para-hydroxylation sites is 1. The molecule has 0 aliphatic rings. The molecule has 0 atom stereocenters. The Bertz CT molecular complexity index is 517. The number of rotatable bonds is 3. The largest absolute Gasteiger partial charge is 0.464 e. The second-order valence-corrected chi connectivity index (χ2v) is 4.13. The number of nitrogens with zero attached hydrogens (tertiary/aromatic N) is 1. The number of benzene rings is 1. The van der Waals surface area contributed by atoms with Crippen LogP contribution in [0.1, 0.15) is 5.56 Å². The minimum Gasteiger partial charge on any atom is -0.464 e. The molecule has 1 heterocycles. The average molecular weight is 232 g/mol. The predicted molar refractivity (Wildman–Crippen MR) is 67.0 cm³/mol. The van der Waals surface area contributed by atoms with Crippen molar-refractivity contribution >= 4 is 17.0 Å². The molecule has 0 radical (unpaired) electrons. The maximum atomic E-state index is 11.3. The number of amides is 2. The first-order chi connectivity index (χ1) is 8.18. The molecule has 0 saturated heterocycles. The number of carbonyl (C=O) groups excluding carboxylic acids is 1. The van der Waals surface area contributed by atoms with Gasteiger partial charge >= 0.3 is 6.03 Å². The molecule has 0 aliphatic heterocycles. The van der Waals surface area contributed by atoms with E-state index in [9.17, 15) is 4.79 Å². The molecule has 0 saturated carbocycles. The van der Waals surface area contributed by atoms with Crippen LogP contribution in [0.25, 0.3) is 11.0 Å². The van der Waals surface area contributed by atoms with Crippen molar-refractivity contribution in [2.45, 2.75) is 6.42 Å². The SMILES string of the molecule is CN(C)C(=O)NCCc1coc2ccccc12. The third-order valence-corrected chi connectivity index (χ3v) is 2.64. The summed E-state index contributed by atoms with van der Waals surface area (Å²) < 4.78 is 5.43. The zero-order valence-electron chi connectivity index (χ0n) is 10.1. The van der Waals surface area contributed by atoms with E-state index < -0.39 is 0 Å². The lowest BCUT2D eigenvalue weighted by atomic mass is 10.1. The highest BCUT2D eigenvalue weighted by Crippen LogP contribution is 2.20. The first-order valence-corrected chi connectivity index (χ1v) is 5.59. The molecule has 4 heteroatoms. The molecular formula is C13H16N2O2. The van der Waals surface area contributed by atoms with E-state index in [2.05, 4.69) is 5.32 Å². The maximum Gasteiger partial charge on any atom is 0.316 e. The van der Waals surface area contributed by atoms with Crippen molar-refractivity contribution in [2.75, 3.05) is 20.6 Å². The monoisotopic (exact) mass is 232 g/mol. The van der Waals surface area contributed by atoms with Gasteiger partial charge < -0.3 is 14.6 Å². The summed E-state index contributed by atoms with van der Waals surface area (Å²) in [6.07, 6.45) is 2.53. The second-order valence-electron chi connectivity index (χ2n) is 4.13. The fraction of sp³-hybridized carbons (Fsp3) is 0.308. The molecule has 2 rings (SSSR count). The summed E-state index contributed by atoms with van der Waals surface area (Å²) in [7, 11) is 3.45. The van der Waals surface area contributed by atoms with Gasteiger partial charge in [-0.2, -0.15) is 0 Å². The van der Waals surface area contributed by atoms with E-state index in [1.54, 1.807) is 20.4 Å². The van der Waals surface area contributed by atoms with E-state index in [-0.39, 0.29) is 6.03 Å². The zero-order chi connectivity index (χ0) is 12.3. The van der Waals surface area contributed by atoms with E-state index in [0.717, 1.165) is 23.0 Å². The van der Waals surface area contributed by atoms with Crippen molar-refractivity contribution in [1.29, 1.82) is 0 Å². The lowest BCUT2D eigenvalue weighted by Crippen LogP contribution is -2.35. The van der Waals surface area contributed by atoms with Crippen molar-refractivity contribution in [1.82, 2.24) is 10.2 Å². The maximum absolute atomic E-state index is 11.3. The van der Waals surface area contributed by atoms with Crippen molar-refractivity contribution < 1.29 is 9.21 Å². The fourth-order valence-corrected chi connectivity index (χ4v) is 1.69. The molecule has 2 aromatic rings. The molecule has 0 spiro atoms. The van der Waals surface area contributed by atoms with Crippen LogP contribution in [-0.2, 0) is 6.42 Å². The summed E-state index contributed by atoms with van der Waals surface area (Å²) in [6, 6.07) is 7.83. The second kappa shape index (κ2) is 4.91. The highest BCUT2D eigenvalue weighted by atomic mass is 16.3. The molecule has 17 heavy (non-hydrogen) atoms. The van der Waals surface area contributed by atoms with Gasteiger partial charge in [-0.25, -0.2) is 4.79 Å². The standard InChI is InChI=1S/C13H16N2O2/c1-15(2)13(16)14-8-7-10-9-17-12-6-4-3-5-11(10)12/h3-6,9H,7-8H2,1-2H3,(H,14,16). The molecule has 0 aliphatic carbocycles. The van der Waals surface area contributed by atoms with Gasteiger partial charge in [-0.15, -0.1) is 0 Å². The van der Waals surface area contributed by atoms with E-state index in [4.69, 9.17) is 4.42 Å². The summed E-state index contributed by atoms with van der Waals surface area (Å²) in [4.78, 5) is 12.8. The smallest absolute Gasteiger partial charge is 0.316 e. The minimum absolute atomic E-state index is 0.0715. The normalized spacial score (nSPS) is 10.5. The number of hydrogen-bond acceptors (Lipinski definition) is 2. The highest BCUT2D eigenvalue weighted by molar-refractivity contribution is 5.81. The lowest BCUT2D eigenvalue weighted by molar-refractivity contribution is 0.217. The number of fused-ring (bicyclic) bond motifs is 1. The van der Waals surface area contributed by atoms with E-state index >= 15 is 0 Å². The number of hydrogen-bond donors (Lipinski definition) is 1. The van der Waals surface area contributed by atoms with Crippen molar-refractivity contribution in [3.8, 4) is 0 Å². The molecule has 0 bridgehead atoms. The summed E-state index contributed by atoms with van der Waals surface area (Å²) in [5, 5.41) is 3.95. The van der Waals surface area contributed by atoms with E-state index in [1.165, 1.54) is 4.90 Å². The van der Waals surface area contributed by atoms with E-state index in [0.29, 0.717) is 6.54 Å². The van der Waals surface area contributed by atoms with Gasteiger partial charge in [0.25, 0.3) is 0 Å². The Kier molecular flexibility index (Phi) is 3.32. The van der Waals surface area contributed by atoms with Gasteiger partial charge in [-0.1, -0.05) is 18.2 Å². The molecule has 1 N–H and O–H groups in total. The Balaban J connectivity index is 1.98. The van der Waals surface area contributed by atoms with Gasteiger partial charge in [0.1, 0.15) is 5.58 Å². The van der Waals surface area contributed by atoms with Gasteiger partial charge in [-0.05, 0) is 18.1 Å². The first kappa shape index (κ1) is 11.5. The van der Waals surface area contributed by atoms with Crippen LogP contribution in [0, 0.1) is 0 Å². The Labute approximate surface area is 100 Å². The third-order valence-electron chi connectivity index (χ3n) is 2.64. The van der Waals surface area contributed by atoms with Gasteiger partial charge in [0.05, 0.1) is 6.26 Å². The van der Waals surface area contributed by atoms with E-state index in [1.807, 2.05) is 24.3 Å². The summed E-state index contributed by atoms with van der Waals surface area (Å²) in [6.45, 7) is 0.612. The number of nitrogens with one attached hydrogen (secondary N) is 1. The number of furan rings is 1. The van der Waals surface area contributed by atoms with Crippen LogP contribution in [0.15, 0.2) is 34.9 Å². The topological polar surface area (TPSA) is 45.5 Å². The summed E-state index contributed by atoms with van der Waals surface area (Å²) in [5.74, 6) is 0. The van der Waals surface area contributed by atoms with Crippen LogP contribution in [0.3, 0.4) is 0 Å². The van der Waals surface area contributed by atoms with Crippen molar-refractivity contribution in [2.24, 2.45) is 0 Å². The summed E-state index contributed by atoms with van der Waals surface area (Å²) in [5.41, 5.74) is 2.01. The predicted octanol–water partition coefficient (Wildman–Crippen LogP) is 2.25. The average Bonchev–Trinajstić information content (AvgIpc) is 2.72. The van der Waals surface area contributed by atoms with Crippen molar-refractivity contribution in [3.05, 3.63) is 36.1 Å². The summed E-state index contributed by atoms with van der Waals surface area (Å²) >= 11 is 0. The fourth-order valence-electron chi connectivity index (χ4n) is 1.69. The molecular weight excluding hydrogens is 216 g/mol. The van der Waals surface area contributed by atoms with Gasteiger partial charge in [0.15, 0.2) is 0 Å². The van der Waals surface area contributed by atoms with Gasteiger partial charge in [-0.3, -0.25) is 0 Å². The molecule has 0 unspecified atom stereocenters. The molecule has 0 fully saturated rings. The van der Waals surface area contributed by atoms with Crippen LogP contribution in [0.2, 0.25) is 0 Å². The van der Waals surface area contributed by atoms with Crippen LogP contribution in [0.5, 0.6) is 0 Å². The third kappa shape index (κ3) is 2.58. The number of urea groups is 1. The molecule has 2 amide bonds. The van der Waals surface area contributed by atoms with Crippen LogP contribution in [-0.4, -0.2) is 31.6 Å². The molecule has 1 aromatic heterocycles.